The molecule has 1 atom stereocenters. The minimum atomic E-state index is -0.203. The molecule has 5 heteroatoms. The van der Waals surface area contributed by atoms with E-state index in [4.69, 9.17) is 10.2 Å². The number of carbonyl (C=O) groups is 1. The van der Waals surface area contributed by atoms with Crippen LogP contribution in [0.3, 0.4) is 0 Å². The monoisotopic (exact) mass is 245 g/mol. The Bertz CT molecular complexity index is 563. The fourth-order valence-electron chi connectivity index (χ4n) is 1.63. The molecule has 0 aliphatic rings. The summed E-state index contributed by atoms with van der Waals surface area (Å²) in [5.41, 5.74) is 6.02. The van der Waals surface area contributed by atoms with E-state index < -0.39 is 0 Å². The molecule has 0 saturated carbocycles. The lowest BCUT2D eigenvalue weighted by Crippen LogP contribution is -2.26. The maximum absolute atomic E-state index is 12.0. The number of hydrogen-bond acceptors (Lipinski definition) is 4. The molecule has 0 bridgehead atoms. The predicted octanol–water partition coefficient (Wildman–Crippen LogP) is 2.06. The minimum Gasteiger partial charge on any atom is -0.464 e. The van der Waals surface area contributed by atoms with Gasteiger partial charge in [0.05, 0.1) is 6.04 Å². The first-order valence-electron chi connectivity index (χ1n) is 5.65. The van der Waals surface area contributed by atoms with E-state index in [9.17, 15) is 4.79 Å². The molecule has 0 radical (unpaired) electrons. The number of aromatic nitrogens is 1. The number of anilines is 1. The van der Waals surface area contributed by atoms with E-state index in [1.54, 1.807) is 6.07 Å². The summed E-state index contributed by atoms with van der Waals surface area (Å²) in [4.78, 5) is 15.8. The van der Waals surface area contributed by atoms with Gasteiger partial charge in [0, 0.05) is 11.8 Å². The summed E-state index contributed by atoms with van der Waals surface area (Å²) >= 11 is 0. The number of amides is 1. The maximum Gasteiger partial charge on any atom is 0.252 e. The van der Waals surface area contributed by atoms with Crippen LogP contribution in [0.1, 0.15) is 34.8 Å². The normalized spacial score (nSPS) is 12.1. The van der Waals surface area contributed by atoms with Gasteiger partial charge >= 0.3 is 0 Å². The summed E-state index contributed by atoms with van der Waals surface area (Å²) in [6.45, 7) is 3.72. The van der Waals surface area contributed by atoms with Gasteiger partial charge in [-0.25, -0.2) is 4.98 Å². The van der Waals surface area contributed by atoms with E-state index in [2.05, 4.69) is 10.3 Å². The molecule has 0 spiro atoms. The molecule has 0 fully saturated rings. The number of furan rings is 1. The van der Waals surface area contributed by atoms with Crippen LogP contribution in [0, 0.1) is 6.92 Å². The average Bonchev–Trinajstić information content (AvgIpc) is 2.76. The van der Waals surface area contributed by atoms with E-state index in [1.165, 1.54) is 12.3 Å². The highest BCUT2D eigenvalue weighted by molar-refractivity contribution is 5.94. The molecule has 2 heterocycles. The van der Waals surface area contributed by atoms with Crippen LogP contribution in [0.5, 0.6) is 0 Å². The molecule has 2 aromatic heterocycles. The van der Waals surface area contributed by atoms with Gasteiger partial charge in [0.1, 0.15) is 17.3 Å². The van der Waals surface area contributed by atoms with Crippen molar-refractivity contribution in [1.29, 1.82) is 0 Å². The average molecular weight is 245 g/mol. The van der Waals surface area contributed by atoms with Crippen LogP contribution >= 0.6 is 0 Å². The zero-order valence-corrected chi connectivity index (χ0v) is 10.3. The van der Waals surface area contributed by atoms with E-state index in [1.807, 2.05) is 26.0 Å². The topological polar surface area (TPSA) is 81.2 Å². The lowest BCUT2D eigenvalue weighted by Gasteiger charge is -2.11. The molecule has 2 rings (SSSR count). The number of nitrogens with two attached hydrogens (primary N) is 1. The number of carbonyl (C=O) groups excluding carboxylic acids is 1. The maximum atomic E-state index is 12.0. The van der Waals surface area contributed by atoms with Crippen molar-refractivity contribution in [3.8, 4) is 0 Å². The zero-order chi connectivity index (χ0) is 13.1. The Morgan fingerprint density at radius 3 is 2.83 bits per heavy atom. The standard InChI is InChI=1S/C13H15N3O2/c1-8-3-4-11(18-8)9(2)16-13(17)10-5-6-15-12(14)7-10/h3-7,9H,1-2H3,(H2,14,15)(H,16,17). The van der Waals surface area contributed by atoms with Crippen LogP contribution in [0.25, 0.3) is 0 Å². The molecule has 3 N–H and O–H groups in total. The number of nitrogens with one attached hydrogen (secondary N) is 1. The highest BCUT2D eigenvalue weighted by Gasteiger charge is 2.14. The number of nitrogen functional groups attached to an aromatic ring is 1. The third-order valence-electron chi connectivity index (χ3n) is 2.58. The van der Waals surface area contributed by atoms with Gasteiger partial charge in [-0.1, -0.05) is 0 Å². The first-order chi connectivity index (χ1) is 8.56. The second-order valence-corrected chi connectivity index (χ2v) is 4.11. The summed E-state index contributed by atoms with van der Waals surface area (Å²) in [7, 11) is 0. The van der Waals surface area contributed by atoms with E-state index in [0.717, 1.165) is 11.5 Å². The molecule has 0 saturated heterocycles. The lowest BCUT2D eigenvalue weighted by atomic mass is 10.2. The van der Waals surface area contributed by atoms with E-state index >= 15 is 0 Å². The number of rotatable bonds is 3. The third-order valence-corrected chi connectivity index (χ3v) is 2.58. The van der Waals surface area contributed by atoms with Gasteiger partial charge in [0.25, 0.3) is 5.91 Å². The largest absolute Gasteiger partial charge is 0.464 e. The van der Waals surface area contributed by atoms with Gasteiger partial charge in [-0.15, -0.1) is 0 Å². The van der Waals surface area contributed by atoms with E-state index in [-0.39, 0.29) is 11.9 Å². The fraction of sp³-hybridized carbons (Fsp3) is 0.231. The van der Waals surface area contributed by atoms with Crippen molar-refractivity contribution in [2.45, 2.75) is 19.9 Å². The van der Waals surface area contributed by atoms with Gasteiger partial charge in [-0.3, -0.25) is 4.79 Å². The summed E-state index contributed by atoms with van der Waals surface area (Å²) in [6, 6.07) is 6.67. The summed E-state index contributed by atoms with van der Waals surface area (Å²) in [6.07, 6.45) is 1.51. The number of hydrogen-bond donors (Lipinski definition) is 2. The SMILES string of the molecule is Cc1ccc(C(C)NC(=O)c2ccnc(N)c2)o1. The van der Waals surface area contributed by atoms with Gasteiger partial charge in [0.2, 0.25) is 0 Å². The van der Waals surface area contributed by atoms with Crippen LogP contribution in [-0.4, -0.2) is 10.9 Å². The Balaban J connectivity index is 2.08. The van der Waals surface area contributed by atoms with Crippen molar-refractivity contribution in [1.82, 2.24) is 10.3 Å². The van der Waals surface area contributed by atoms with Crippen LogP contribution in [-0.2, 0) is 0 Å². The van der Waals surface area contributed by atoms with Gasteiger partial charge < -0.3 is 15.5 Å². The number of aryl methyl sites for hydroxylation is 1. The molecule has 18 heavy (non-hydrogen) atoms. The summed E-state index contributed by atoms with van der Waals surface area (Å²) in [5.74, 6) is 1.66. The first kappa shape index (κ1) is 12.2. The van der Waals surface area contributed by atoms with Crippen molar-refractivity contribution in [2.24, 2.45) is 0 Å². The molecular weight excluding hydrogens is 230 g/mol. The van der Waals surface area contributed by atoms with E-state index in [0.29, 0.717) is 11.4 Å². The first-order valence-corrected chi connectivity index (χ1v) is 5.65. The number of pyridine rings is 1. The molecule has 94 valence electrons. The molecule has 0 aromatic carbocycles. The third kappa shape index (κ3) is 2.68. The quantitative estimate of drug-likeness (QED) is 0.867. The predicted molar refractivity (Wildman–Crippen MR) is 68.0 cm³/mol. The molecule has 2 aromatic rings. The van der Waals surface area contributed by atoms with Gasteiger partial charge in [0.15, 0.2) is 0 Å². The number of nitrogens with zero attached hydrogens (tertiary/aromatic N) is 1. The van der Waals surface area contributed by atoms with Crippen molar-refractivity contribution < 1.29 is 9.21 Å². The van der Waals surface area contributed by atoms with Gasteiger partial charge in [-0.2, -0.15) is 0 Å². The van der Waals surface area contributed by atoms with Crippen molar-refractivity contribution >= 4 is 11.7 Å². The lowest BCUT2D eigenvalue weighted by molar-refractivity contribution is 0.0935. The zero-order valence-electron chi connectivity index (χ0n) is 10.3. The molecule has 5 nitrogen and oxygen atoms in total. The van der Waals surface area contributed by atoms with Crippen LogP contribution < -0.4 is 11.1 Å². The van der Waals surface area contributed by atoms with Gasteiger partial charge in [-0.05, 0) is 38.1 Å². The smallest absolute Gasteiger partial charge is 0.252 e. The highest BCUT2D eigenvalue weighted by Crippen LogP contribution is 2.16. The van der Waals surface area contributed by atoms with Crippen molar-refractivity contribution in [3.63, 3.8) is 0 Å². The Hall–Kier alpha value is -2.30. The molecule has 0 aliphatic carbocycles. The molecule has 1 amide bonds. The Labute approximate surface area is 105 Å². The van der Waals surface area contributed by atoms with Crippen LogP contribution in [0.4, 0.5) is 5.82 Å². The molecule has 1 unspecified atom stereocenters. The Kier molecular flexibility index (Phi) is 3.32. The fourth-order valence-corrected chi connectivity index (χ4v) is 1.63. The van der Waals surface area contributed by atoms with Crippen LogP contribution in [0.15, 0.2) is 34.9 Å². The minimum absolute atomic E-state index is 0.194. The van der Waals surface area contributed by atoms with Crippen molar-refractivity contribution in [3.05, 3.63) is 47.5 Å². The summed E-state index contributed by atoms with van der Waals surface area (Å²) in [5, 5.41) is 2.84. The summed E-state index contributed by atoms with van der Waals surface area (Å²) < 4.78 is 5.45. The van der Waals surface area contributed by atoms with Crippen LogP contribution in [0.2, 0.25) is 0 Å². The molecule has 0 aliphatic heterocycles. The van der Waals surface area contributed by atoms with Crippen molar-refractivity contribution in [2.75, 3.05) is 5.73 Å². The second-order valence-electron chi connectivity index (χ2n) is 4.11. The highest BCUT2D eigenvalue weighted by atomic mass is 16.3. The second kappa shape index (κ2) is 4.91. The Morgan fingerprint density at radius 2 is 2.22 bits per heavy atom. The molecular formula is C13H15N3O2. The Morgan fingerprint density at radius 1 is 1.44 bits per heavy atom.